The van der Waals surface area contributed by atoms with Crippen LogP contribution in [0.1, 0.15) is 163 Å². The largest absolute Gasteiger partial charge is 0.491 e. The quantitative estimate of drug-likeness (QED) is 0.199. The molecule has 0 radical (unpaired) electrons. The monoisotopic (exact) mass is 915 g/mol. The Labute approximate surface area is 406 Å². The third-order valence-corrected chi connectivity index (χ3v) is 14.5. The van der Waals surface area contributed by atoms with Gasteiger partial charge in [0.25, 0.3) is 0 Å². The molecule has 11 unspecified atom stereocenters. The van der Waals surface area contributed by atoms with Gasteiger partial charge in [-0.2, -0.15) is 0 Å². The summed E-state index contributed by atoms with van der Waals surface area (Å²) in [5.41, 5.74) is 3.54. The third-order valence-electron chi connectivity index (χ3n) is 14.5. The van der Waals surface area contributed by atoms with Crippen LogP contribution in [0.3, 0.4) is 0 Å². The van der Waals surface area contributed by atoms with Gasteiger partial charge in [-0.3, -0.25) is 0 Å². The van der Waals surface area contributed by atoms with Crippen molar-refractivity contribution in [2.45, 2.75) is 185 Å². The summed E-state index contributed by atoms with van der Waals surface area (Å²) in [7, 11) is 0. The lowest BCUT2D eigenvalue weighted by atomic mass is 9.82. The number of aryl methyl sites for hydroxylation is 3. The van der Waals surface area contributed by atoms with Gasteiger partial charge in [0.1, 0.15) is 55.4 Å². The molecule has 3 aromatic rings. The maximum atomic E-state index is 5.54. The van der Waals surface area contributed by atoms with Crippen molar-refractivity contribution in [3.63, 3.8) is 0 Å². The molecule has 9 aliphatic rings. The topological polar surface area (TPSA) is 65.3 Å². The first-order valence-electron chi connectivity index (χ1n) is 27.4. The summed E-state index contributed by atoms with van der Waals surface area (Å²) in [6.07, 6.45) is 20.1. The van der Waals surface area contributed by atoms with E-state index in [9.17, 15) is 0 Å². The number of benzene rings is 3. The lowest BCUT2D eigenvalue weighted by molar-refractivity contribution is 0.259. The molecule has 6 saturated carbocycles. The minimum absolute atomic E-state index is 0.338. The highest BCUT2D eigenvalue weighted by atomic mass is 16.6. The summed E-state index contributed by atoms with van der Waals surface area (Å²) in [6, 6.07) is 24.1. The van der Waals surface area contributed by atoms with Gasteiger partial charge in [0.15, 0.2) is 0 Å². The highest BCUT2D eigenvalue weighted by Gasteiger charge is 2.49. The molecular formula is C60H98O6. The summed E-state index contributed by atoms with van der Waals surface area (Å²) in [4.78, 5) is 0. The molecule has 3 saturated heterocycles. The van der Waals surface area contributed by atoms with Crippen molar-refractivity contribution in [2.24, 2.45) is 47.3 Å². The van der Waals surface area contributed by atoms with E-state index in [1.54, 1.807) is 77.0 Å². The van der Waals surface area contributed by atoms with Gasteiger partial charge < -0.3 is 28.4 Å². The van der Waals surface area contributed by atoms with Crippen molar-refractivity contribution in [3.8, 4) is 17.2 Å². The molecule has 6 heteroatoms. The summed E-state index contributed by atoms with van der Waals surface area (Å²) in [5.74, 6) is 12.5. The van der Waals surface area contributed by atoms with Crippen LogP contribution in [-0.4, -0.2) is 58.0 Å². The Kier molecular flexibility index (Phi) is 28.3. The van der Waals surface area contributed by atoms with Crippen LogP contribution in [0.4, 0.5) is 0 Å². The molecule has 9 fully saturated rings. The van der Waals surface area contributed by atoms with Gasteiger partial charge in [-0.15, -0.1) is 0 Å². The van der Waals surface area contributed by atoms with E-state index in [1.807, 2.05) is 163 Å². The first-order chi connectivity index (χ1) is 32.5. The zero-order chi connectivity index (χ0) is 48.3. The van der Waals surface area contributed by atoms with E-state index in [1.165, 1.54) is 64.0 Å². The molecule has 3 aromatic carbocycles. The van der Waals surface area contributed by atoms with E-state index in [0.29, 0.717) is 38.1 Å². The van der Waals surface area contributed by atoms with Crippen LogP contribution in [0.25, 0.3) is 0 Å². The van der Waals surface area contributed by atoms with Crippen LogP contribution in [-0.2, 0) is 14.2 Å². The zero-order valence-electron chi connectivity index (χ0n) is 44.5. The second-order valence-electron chi connectivity index (χ2n) is 18.3. The molecule has 12 rings (SSSR count). The lowest BCUT2D eigenvalue weighted by Gasteiger charge is -2.23. The number of hydrogen-bond acceptors (Lipinski definition) is 6. The van der Waals surface area contributed by atoms with Crippen molar-refractivity contribution >= 4 is 0 Å². The Hall–Kier alpha value is -3.06. The van der Waals surface area contributed by atoms with E-state index in [-0.39, 0.29) is 0 Å². The van der Waals surface area contributed by atoms with Crippen LogP contribution in [0.15, 0.2) is 72.8 Å². The average Bonchev–Trinajstić information content (AvgIpc) is 4.28. The SMILES string of the molecule is C1CC2C3CCC(C3)C2C1.C1CC2C3CCC(C3)C2C1.CC.CC.CC.CC.CC.Cc1ccccc1OCC1CO1.Cc1ccccc1OCC1CO1.Cc1ccccc1OCC1CO1. The molecule has 0 amide bonds. The highest BCUT2D eigenvalue weighted by molar-refractivity contribution is 5.33. The number of fused-ring (bicyclic) bond motifs is 10. The van der Waals surface area contributed by atoms with Crippen molar-refractivity contribution in [3.05, 3.63) is 89.5 Å². The van der Waals surface area contributed by atoms with Crippen molar-refractivity contribution < 1.29 is 28.4 Å². The zero-order valence-corrected chi connectivity index (χ0v) is 44.5. The molecule has 0 aromatic heterocycles. The Balaban J connectivity index is 0.000000209. The molecule has 6 nitrogen and oxygen atoms in total. The fourth-order valence-corrected chi connectivity index (χ4v) is 11.2. The number of ether oxygens (including phenoxy) is 6. The Morgan fingerprint density at radius 2 is 0.591 bits per heavy atom. The van der Waals surface area contributed by atoms with E-state index < -0.39 is 0 Å². The van der Waals surface area contributed by atoms with Crippen LogP contribution >= 0.6 is 0 Å². The van der Waals surface area contributed by atoms with Crippen molar-refractivity contribution in [2.75, 3.05) is 39.6 Å². The first-order valence-corrected chi connectivity index (χ1v) is 27.4. The fraction of sp³-hybridized carbons (Fsp3) is 0.700. The van der Waals surface area contributed by atoms with Gasteiger partial charge in [-0.1, -0.05) is 137 Å². The molecule has 0 N–H and O–H groups in total. The maximum Gasteiger partial charge on any atom is 0.122 e. The van der Waals surface area contributed by atoms with E-state index in [4.69, 9.17) is 28.4 Å². The second-order valence-corrected chi connectivity index (χ2v) is 18.3. The van der Waals surface area contributed by atoms with Gasteiger partial charge in [0, 0.05) is 0 Å². The number of rotatable bonds is 9. The minimum Gasteiger partial charge on any atom is -0.491 e. The molecule has 66 heavy (non-hydrogen) atoms. The number of para-hydroxylation sites is 3. The summed E-state index contributed by atoms with van der Waals surface area (Å²) in [6.45, 7) is 30.7. The predicted molar refractivity (Wildman–Crippen MR) is 279 cm³/mol. The van der Waals surface area contributed by atoms with Crippen molar-refractivity contribution in [1.29, 1.82) is 0 Å². The summed E-state index contributed by atoms with van der Waals surface area (Å²) in [5, 5.41) is 0. The minimum atomic E-state index is 0.338. The third kappa shape index (κ3) is 18.8. The smallest absolute Gasteiger partial charge is 0.122 e. The van der Waals surface area contributed by atoms with Gasteiger partial charge in [0.05, 0.1) is 19.8 Å². The highest BCUT2D eigenvalue weighted by Crippen LogP contribution is 2.59. The standard InChI is InChI=1S/3C10H12O2.2C10H16.5C2H6/c3*1-8-4-2-3-5-10(8)12-7-9-6-11-9;2*1-2-9-7-4-5-8(6-7)10(9)3-1;5*1-2/h3*2-5,9H,6-7H2,1H3;2*7-10H,1-6H2;5*1-2H3. The van der Waals surface area contributed by atoms with Gasteiger partial charge in [0.2, 0.25) is 0 Å². The van der Waals surface area contributed by atoms with Crippen LogP contribution in [0.5, 0.6) is 17.2 Å². The predicted octanol–water partition coefficient (Wildman–Crippen LogP) is 16.1. The van der Waals surface area contributed by atoms with Gasteiger partial charge in [-0.25, -0.2) is 0 Å². The molecule has 4 bridgehead atoms. The van der Waals surface area contributed by atoms with Crippen molar-refractivity contribution in [1.82, 2.24) is 0 Å². The maximum absolute atomic E-state index is 5.54. The normalized spacial score (nSPS) is 29.1. The van der Waals surface area contributed by atoms with E-state index in [0.717, 1.165) is 37.1 Å². The molecule has 6 aliphatic carbocycles. The van der Waals surface area contributed by atoms with E-state index in [2.05, 4.69) is 0 Å². The molecule has 0 spiro atoms. The second kappa shape index (κ2) is 32.6. The Morgan fingerprint density at radius 1 is 0.364 bits per heavy atom. The Bertz CT molecular complexity index is 1460. The molecule has 11 atom stereocenters. The van der Waals surface area contributed by atoms with Gasteiger partial charge >= 0.3 is 0 Å². The number of epoxide rings is 3. The molecular weight excluding hydrogens is 817 g/mol. The molecule has 3 heterocycles. The molecule has 374 valence electrons. The fourth-order valence-electron chi connectivity index (χ4n) is 11.2. The van der Waals surface area contributed by atoms with Crippen LogP contribution < -0.4 is 14.2 Å². The molecule has 3 aliphatic heterocycles. The van der Waals surface area contributed by atoms with Crippen LogP contribution in [0.2, 0.25) is 0 Å². The van der Waals surface area contributed by atoms with Gasteiger partial charge in [-0.05, 0) is 167 Å². The first kappa shape index (κ1) is 57.3. The lowest BCUT2D eigenvalue weighted by Crippen LogP contribution is -2.15. The van der Waals surface area contributed by atoms with E-state index >= 15 is 0 Å². The summed E-state index contributed by atoms with van der Waals surface area (Å²) >= 11 is 0. The average molecular weight is 915 g/mol. The van der Waals surface area contributed by atoms with Crippen LogP contribution in [0, 0.1) is 68.1 Å². The Morgan fingerprint density at radius 3 is 0.803 bits per heavy atom. The number of hydrogen-bond donors (Lipinski definition) is 0. The summed E-state index contributed by atoms with van der Waals surface area (Å²) < 4.78 is 31.7.